The molecule has 21 heavy (non-hydrogen) atoms. The van der Waals surface area contributed by atoms with Gasteiger partial charge >= 0.3 is 5.91 Å². The average Bonchev–Trinajstić information content (AvgIpc) is 2.97. The second-order valence-electron chi connectivity index (χ2n) is 4.60. The Morgan fingerprint density at radius 1 is 1.14 bits per heavy atom. The smallest absolute Gasteiger partial charge is 0.301 e. The van der Waals surface area contributed by atoms with Crippen LogP contribution < -0.4 is 4.74 Å². The van der Waals surface area contributed by atoms with E-state index in [1.807, 2.05) is 24.3 Å². The van der Waals surface area contributed by atoms with E-state index >= 15 is 0 Å². The number of fused-ring (bicyclic) bond motifs is 1. The lowest BCUT2D eigenvalue weighted by molar-refractivity contribution is -0.111. The molecule has 0 saturated heterocycles. The highest BCUT2D eigenvalue weighted by Gasteiger charge is 2.27. The van der Waals surface area contributed by atoms with Crippen molar-refractivity contribution >= 4 is 29.6 Å². The average molecular weight is 282 g/mol. The van der Waals surface area contributed by atoms with E-state index in [2.05, 4.69) is 26.9 Å². The minimum absolute atomic E-state index is 0.197. The van der Waals surface area contributed by atoms with Crippen molar-refractivity contribution in [1.82, 2.24) is 0 Å². The first-order valence-electron chi connectivity index (χ1n) is 6.84. The normalized spacial score (nSPS) is 16.2. The Hall–Kier alpha value is -2.63. The van der Waals surface area contributed by atoms with E-state index in [4.69, 9.17) is 4.74 Å². The molecular formula is C15H14N4O2. The molecule has 0 atom stereocenters. The zero-order valence-corrected chi connectivity index (χ0v) is 11.6. The SMILES string of the molecule is CCCCOc1ccccc1C1=NC(=O)C2=NC=NC2=N1. The number of amides is 1. The number of aliphatic imine (C=N–C) groups is 4. The number of ether oxygens (including phenoxy) is 1. The highest BCUT2D eigenvalue weighted by molar-refractivity contribution is 6.71. The van der Waals surface area contributed by atoms with Crippen LogP contribution in [0.5, 0.6) is 5.75 Å². The number of amidine groups is 2. The Labute approximate surface area is 122 Å². The van der Waals surface area contributed by atoms with E-state index in [1.54, 1.807) is 0 Å². The van der Waals surface area contributed by atoms with Crippen LogP contribution in [0.4, 0.5) is 0 Å². The summed E-state index contributed by atoms with van der Waals surface area (Å²) in [6.45, 7) is 2.72. The Bertz CT molecular complexity index is 701. The molecule has 3 rings (SSSR count). The fraction of sp³-hybridized carbons (Fsp3) is 0.267. The summed E-state index contributed by atoms with van der Waals surface area (Å²) in [6, 6.07) is 7.42. The third-order valence-electron chi connectivity index (χ3n) is 3.08. The molecule has 2 heterocycles. The van der Waals surface area contributed by atoms with Crippen LogP contribution in [0.25, 0.3) is 0 Å². The van der Waals surface area contributed by atoms with Crippen LogP contribution in [-0.2, 0) is 4.79 Å². The minimum Gasteiger partial charge on any atom is -0.493 e. The van der Waals surface area contributed by atoms with Gasteiger partial charge in [0.05, 0.1) is 12.2 Å². The summed E-state index contributed by atoms with van der Waals surface area (Å²) in [5.74, 6) is 0.883. The van der Waals surface area contributed by atoms with Gasteiger partial charge < -0.3 is 4.74 Å². The molecule has 1 aromatic carbocycles. The van der Waals surface area contributed by atoms with Gasteiger partial charge in [0.2, 0.25) is 0 Å². The molecule has 1 amide bonds. The van der Waals surface area contributed by atoms with Gasteiger partial charge in [0.15, 0.2) is 17.4 Å². The molecule has 1 aromatic rings. The third kappa shape index (κ3) is 2.65. The highest BCUT2D eigenvalue weighted by Crippen LogP contribution is 2.22. The van der Waals surface area contributed by atoms with Gasteiger partial charge in [0.1, 0.15) is 12.1 Å². The molecule has 0 aromatic heterocycles. The summed E-state index contributed by atoms with van der Waals surface area (Å²) >= 11 is 0. The number of hydrogen-bond donors (Lipinski definition) is 0. The number of nitrogens with zero attached hydrogens (tertiary/aromatic N) is 4. The van der Waals surface area contributed by atoms with E-state index < -0.39 is 5.91 Å². The molecule has 106 valence electrons. The summed E-state index contributed by atoms with van der Waals surface area (Å²) in [5.41, 5.74) is 0.888. The summed E-state index contributed by atoms with van der Waals surface area (Å²) in [6.07, 6.45) is 3.34. The van der Waals surface area contributed by atoms with Gasteiger partial charge in [-0.1, -0.05) is 25.5 Å². The van der Waals surface area contributed by atoms with Gasteiger partial charge in [0.25, 0.3) is 0 Å². The number of benzene rings is 1. The van der Waals surface area contributed by atoms with Gasteiger partial charge in [0, 0.05) is 0 Å². The molecule has 0 bridgehead atoms. The largest absolute Gasteiger partial charge is 0.493 e. The fourth-order valence-corrected chi connectivity index (χ4v) is 1.99. The molecule has 2 aliphatic heterocycles. The maximum Gasteiger partial charge on any atom is 0.301 e. The highest BCUT2D eigenvalue weighted by atomic mass is 16.5. The molecule has 0 N–H and O–H groups in total. The van der Waals surface area contributed by atoms with Gasteiger partial charge in [-0.15, -0.1) is 0 Å². The number of hydrogen-bond acceptors (Lipinski definition) is 5. The molecule has 6 nitrogen and oxygen atoms in total. The molecule has 0 spiro atoms. The second-order valence-corrected chi connectivity index (χ2v) is 4.60. The van der Waals surface area contributed by atoms with E-state index in [9.17, 15) is 4.79 Å². The van der Waals surface area contributed by atoms with E-state index in [0.29, 0.717) is 29.6 Å². The molecule has 0 unspecified atom stereocenters. The number of para-hydroxylation sites is 1. The first kappa shape index (κ1) is 13.4. The zero-order valence-electron chi connectivity index (χ0n) is 11.6. The van der Waals surface area contributed by atoms with Gasteiger partial charge in [-0.2, -0.15) is 4.99 Å². The van der Waals surface area contributed by atoms with Crippen LogP contribution in [0.3, 0.4) is 0 Å². The minimum atomic E-state index is -0.420. The quantitative estimate of drug-likeness (QED) is 0.775. The number of unbranched alkanes of at least 4 members (excludes halogenated alkanes) is 1. The van der Waals surface area contributed by atoms with Crippen LogP contribution >= 0.6 is 0 Å². The van der Waals surface area contributed by atoms with Crippen molar-refractivity contribution in [2.45, 2.75) is 19.8 Å². The van der Waals surface area contributed by atoms with E-state index in [0.717, 1.165) is 12.8 Å². The van der Waals surface area contributed by atoms with Crippen molar-refractivity contribution in [3.8, 4) is 5.75 Å². The predicted molar refractivity (Wildman–Crippen MR) is 81.8 cm³/mol. The molecule has 0 aliphatic carbocycles. The van der Waals surface area contributed by atoms with Crippen LogP contribution in [-0.4, -0.2) is 36.2 Å². The summed E-state index contributed by atoms with van der Waals surface area (Å²) < 4.78 is 5.75. The first-order valence-corrected chi connectivity index (χ1v) is 6.84. The summed E-state index contributed by atoms with van der Waals surface area (Å²) in [5, 5.41) is 0. The zero-order chi connectivity index (χ0) is 14.7. The Kier molecular flexibility index (Phi) is 3.68. The standard InChI is InChI=1S/C15H14N4O2/c1-2-3-8-21-11-7-5-4-6-10(11)13-18-14-12(15(20)19-13)16-9-17-14/h4-7,9H,2-3,8H2,1H3. The molecular weight excluding hydrogens is 268 g/mol. The van der Waals surface area contributed by atoms with E-state index in [1.165, 1.54) is 6.34 Å². The number of carbonyl (C=O) groups is 1. The Morgan fingerprint density at radius 2 is 2.00 bits per heavy atom. The molecule has 2 aliphatic rings. The number of rotatable bonds is 5. The van der Waals surface area contributed by atoms with Crippen LogP contribution in [0.15, 0.2) is 44.2 Å². The van der Waals surface area contributed by atoms with Crippen molar-refractivity contribution in [2.24, 2.45) is 20.0 Å². The molecule has 6 heteroatoms. The fourth-order valence-electron chi connectivity index (χ4n) is 1.99. The van der Waals surface area contributed by atoms with Crippen molar-refractivity contribution < 1.29 is 9.53 Å². The topological polar surface area (TPSA) is 75.7 Å². The lowest BCUT2D eigenvalue weighted by atomic mass is 10.1. The summed E-state index contributed by atoms with van der Waals surface area (Å²) in [7, 11) is 0. The molecule has 0 saturated carbocycles. The van der Waals surface area contributed by atoms with Gasteiger partial charge in [-0.3, -0.25) is 4.79 Å². The predicted octanol–water partition coefficient (Wildman–Crippen LogP) is 2.03. The van der Waals surface area contributed by atoms with Crippen LogP contribution in [0, 0.1) is 0 Å². The van der Waals surface area contributed by atoms with Gasteiger partial charge in [-0.05, 0) is 18.6 Å². The Balaban J connectivity index is 1.92. The maximum absolute atomic E-state index is 11.9. The third-order valence-corrected chi connectivity index (χ3v) is 3.08. The second kappa shape index (κ2) is 5.78. The number of carbonyl (C=O) groups excluding carboxylic acids is 1. The van der Waals surface area contributed by atoms with Crippen molar-refractivity contribution in [3.63, 3.8) is 0 Å². The van der Waals surface area contributed by atoms with Crippen molar-refractivity contribution in [3.05, 3.63) is 29.8 Å². The Morgan fingerprint density at radius 3 is 2.86 bits per heavy atom. The van der Waals surface area contributed by atoms with Crippen LogP contribution in [0.2, 0.25) is 0 Å². The van der Waals surface area contributed by atoms with E-state index in [-0.39, 0.29) is 5.71 Å². The van der Waals surface area contributed by atoms with Crippen molar-refractivity contribution in [1.29, 1.82) is 0 Å². The summed E-state index contributed by atoms with van der Waals surface area (Å²) in [4.78, 5) is 28.0. The lowest BCUT2D eigenvalue weighted by Crippen LogP contribution is -2.26. The van der Waals surface area contributed by atoms with Gasteiger partial charge in [-0.25, -0.2) is 15.0 Å². The molecule has 0 radical (unpaired) electrons. The first-order chi connectivity index (χ1) is 10.3. The lowest BCUT2D eigenvalue weighted by Gasteiger charge is -2.12. The van der Waals surface area contributed by atoms with Crippen molar-refractivity contribution in [2.75, 3.05) is 6.61 Å². The maximum atomic E-state index is 11.9. The molecule has 0 fully saturated rings. The monoisotopic (exact) mass is 282 g/mol. The van der Waals surface area contributed by atoms with Crippen LogP contribution in [0.1, 0.15) is 25.3 Å².